The van der Waals surface area contributed by atoms with E-state index in [1.807, 2.05) is 0 Å². The zero-order valence-corrected chi connectivity index (χ0v) is 17.2. The summed E-state index contributed by atoms with van der Waals surface area (Å²) in [4.78, 5) is 23.7. The van der Waals surface area contributed by atoms with Crippen LogP contribution in [0.25, 0.3) is 0 Å². The Bertz CT molecular complexity index is 615. The van der Waals surface area contributed by atoms with Crippen LogP contribution < -0.4 is 0 Å². The summed E-state index contributed by atoms with van der Waals surface area (Å²) in [6.45, 7) is 5.83. The van der Waals surface area contributed by atoms with Crippen molar-refractivity contribution in [2.45, 2.75) is 84.2 Å². The molecule has 0 amide bonds. The van der Waals surface area contributed by atoms with Crippen molar-refractivity contribution in [3.8, 4) is 0 Å². The molecule has 4 heteroatoms. The average molecular weight is 377 g/mol. The molecule has 0 aromatic carbocycles. The van der Waals surface area contributed by atoms with Gasteiger partial charge in [-0.1, -0.05) is 6.92 Å². The monoisotopic (exact) mass is 376 g/mol. The predicted octanol–water partition coefficient (Wildman–Crippen LogP) is 4.14. The summed E-state index contributed by atoms with van der Waals surface area (Å²) in [5.74, 6) is 3.82. The third-order valence-electron chi connectivity index (χ3n) is 9.27. The average Bonchev–Trinajstić information content (AvgIpc) is 3.07. The number of ether oxygens (including phenoxy) is 1. The molecule has 4 nitrogen and oxygen atoms in total. The smallest absolute Gasteiger partial charge is 0.332 e. The lowest BCUT2D eigenvalue weighted by molar-refractivity contribution is -0.180. The van der Waals surface area contributed by atoms with Crippen LogP contribution in [0.4, 0.5) is 0 Å². The minimum absolute atomic E-state index is 0.328. The lowest BCUT2D eigenvalue weighted by Gasteiger charge is -2.60. The third kappa shape index (κ3) is 3.16. The van der Waals surface area contributed by atoms with Crippen LogP contribution in [0.3, 0.4) is 0 Å². The standard InChI is InChI=1S/C23H36O4/c1-14(25)16-6-7-18-17(16)8-9-20-19(18)5-4-15-12-22(2,27-21(26)13-24)10-11-23(15,20)3/h15-20,24H,4-13H2,1-3H3/t15-,16+,17?,18+,19-,20-,22+,23-/m0/s1. The van der Waals surface area contributed by atoms with E-state index in [1.54, 1.807) is 6.92 Å². The number of carbonyl (C=O) groups excluding carboxylic acids is 2. The number of ketones is 1. The Morgan fingerprint density at radius 3 is 2.37 bits per heavy atom. The molecule has 0 radical (unpaired) electrons. The van der Waals surface area contributed by atoms with E-state index in [0.717, 1.165) is 43.4 Å². The SMILES string of the molecule is CC(=O)[C@H]1CC[C@@H]2C1CC[C@H]1[C@H]2CC[C@H]2C[C@](C)(OC(=O)CO)CC[C@@]21C. The number of carbonyl (C=O) groups is 2. The molecule has 152 valence electrons. The molecule has 4 aliphatic carbocycles. The van der Waals surface area contributed by atoms with Crippen molar-refractivity contribution in [1.82, 2.24) is 0 Å². The second kappa shape index (κ2) is 6.86. The van der Waals surface area contributed by atoms with Crippen LogP contribution in [0, 0.1) is 40.9 Å². The maximum absolute atomic E-state index is 12.1. The van der Waals surface area contributed by atoms with Gasteiger partial charge in [-0.2, -0.15) is 0 Å². The third-order valence-corrected chi connectivity index (χ3v) is 9.27. The number of aliphatic hydroxyl groups excluding tert-OH is 1. The lowest BCUT2D eigenvalue weighted by atomic mass is 9.46. The maximum Gasteiger partial charge on any atom is 0.332 e. The van der Waals surface area contributed by atoms with Crippen molar-refractivity contribution in [1.29, 1.82) is 0 Å². The van der Waals surface area contributed by atoms with Crippen LogP contribution in [-0.4, -0.2) is 29.1 Å². The van der Waals surface area contributed by atoms with Crippen molar-refractivity contribution < 1.29 is 19.4 Å². The summed E-state index contributed by atoms with van der Waals surface area (Å²) in [5.41, 5.74) is -0.0750. The highest BCUT2D eigenvalue weighted by molar-refractivity contribution is 5.79. The second-order valence-corrected chi connectivity index (χ2v) is 10.5. The molecule has 4 saturated carbocycles. The molecule has 4 aliphatic rings. The molecular weight excluding hydrogens is 340 g/mol. The quantitative estimate of drug-likeness (QED) is 0.752. The molecule has 1 unspecified atom stereocenters. The summed E-state index contributed by atoms with van der Waals surface area (Å²) in [7, 11) is 0. The first kappa shape index (κ1) is 19.4. The molecule has 0 aromatic rings. The zero-order valence-electron chi connectivity index (χ0n) is 17.2. The summed E-state index contributed by atoms with van der Waals surface area (Å²) in [5, 5.41) is 9.07. The van der Waals surface area contributed by atoms with Gasteiger partial charge in [0.1, 0.15) is 18.0 Å². The molecule has 0 saturated heterocycles. The molecule has 0 bridgehead atoms. The first-order chi connectivity index (χ1) is 12.8. The van der Waals surface area contributed by atoms with Gasteiger partial charge in [-0.15, -0.1) is 0 Å². The second-order valence-electron chi connectivity index (χ2n) is 10.5. The Morgan fingerprint density at radius 1 is 0.963 bits per heavy atom. The molecule has 0 aromatic heterocycles. The number of esters is 1. The maximum atomic E-state index is 12.1. The minimum atomic E-state index is -0.525. The zero-order chi connectivity index (χ0) is 19.4. The van der Waals surface area contributed by atoms with Gasteiger partial charge in [-0.3, -0.25) is 4.79 Å². The van der Waals surface area contributed by atoms with E-state index in [9.17, 15) is 9.59 Å². The Balaban J connectivity index is 1.50. The Labute approximate surface area is 163 Å². The van der Waals surface area contributed by atoms with Crippen LogP contribution in [0.15, 0.2) is 0 Å². The fraction of sp³-hybridized carbons (Fsp3) is 0.913. The fourth-order valence-electron chi connectivity index (χ4n) is 7.98. The summed E-state index contributed by atoms with van der Waals surface area (Å²) in [6, 6.07) is 0. The van der Waals surface area contributed by atoms with E-state index in [0.29, 0.717) is 29.0 Å². The number of Topliss-reactive ketones (excluding diaryl/α,β-unsaturated/α-hetero) is 1. The van der Waals surface area contributed by atoms with E-state index in [4.69, 9.17) is 9.84 Å². The number of aliphatic hydroxyl groups is 1. The first-order valence-corrected chi connectivity index (χ1v) is 11.1. The first-order valence-electron chi connectivity index (χ1n) is 11.1. The van der Waals surface area contributed by atoms with E-state index < -0.39 is 18.2 Å². The summed E-state index contributed by atoms with van der Waals surface area (Å²) >= 11 is 0. The Morgan fingerprint density at radius 2 is 1.67 bits per heavy atom. The van der Waals surface area contributed by atoms with Crippen LogP contribution >= 0.6 is 0 Å². The highest BCUT2D eigenvalue weighted by Gasteiger charge is 2.58. The Kier molecular flexibility index (Phi) is 4.93. The highest BCUT2D eigenvalue weighted by atomic mass is 16.6. The van der Waals surface area contributed by atoms with Gasteiger partial charge in [-0.05, 0) is 107 Å². The molecule has 0 spiro atoms. The van der Waals surface area contributed by atoms with E-state index in [-0.39, 0.29) is 0 Å². The van der Waals surface area contributed by atoms with Gasteiger partial charge in [0.15, 0.2) is 0 Å². The van der Waals surface area contributed by atoms with Crippen molar-refractivity contribution in [2.24, 2.45) is 40.9 Å². The van der Waals surface area contributed by atoms with Gasteiger partial charge in [-0.25, -0.2) is 4.79 Å². The topological polar surface area (TPSA) is 63.6 Å². The highest BCUT2D eigenvalue weighted by Crippen LogP contribution is 2.65. The molecule has 27 heavy (non-hydrogen) atoms. The molecule has 8 atom stereocenters. The molecular formula is C23H36O4. The number of rotatable bonds is 3. The number of hydrogen-bond donors (Lipinski definition) is 1. The van der Waals surface area contributed by atoms with Gasteiger partial charge in [0.05, 0.1) is 0 Å². The molecule has 4 rings (SSSR count). The van der Waals surface area contributed by atoms with E-state index >= 15 is 0 Å². The van der Waals surface area contributed by atoms with Gasteiger partial charge >= 0.3 is 5.97 Å². The largest absolute Gasteiger partial charge is 0.458 e. The van der Waals surface area contributed by atoms with E-state index in [1.165, 1.54) is 32.1 Å². The lowest BCUT2D eigenvalue weighted by Crippen LogP contribution is -2.54. The number of hydrogen-bond acceptors (Lipinski definition) is 4. The predicted molar refractivity (Wildman–Crippen MR) is 103 cm³/mol. The van der Waals surface area contributed by atoms with Crippen molar-refractivity contribution >= 4 is 11.8 Å². The van der Waals surface area contributed by atoms with Crippen LogP contribution in [0.5, 0.6) is 0 Å². The van der Waals surface area contributed by atoms with Gasteiger partial charge in [0.25, 0.3) is 0 Å². The van der Waals surface area contributed by atoms with Crippen LogP contribution in [0.1, 0.15) is 78.6 Å². The summed E-state index contributed by atoms with van der Waals surface area (Å²) < 4.78 is 5.64. The molecule has 0 heterocycles. The summed E-state index contributed by atoms with van der Waals surface area (Å²) in [6.07, 6.45) is 10.3. The van der Waals surface area contributed by atoms with Crippen molar-refractivity contribution in [3.63, 3.8) is 0 Å². The van der Waals surface area contributed by atoms with Gasteiger partial charge in [0.2, 0.25) is 0 Å². The molecule has 4 fully saturated rings. The molecule has 0 aliphatic heterocycles. The van der Waals surface area contributed by atoms with Crippen LogP contribution in [0.2, 0.25) is 0 Å². The van der Waals surface area contributed by atoms with Crippen molar-refractivity contribution in [2.75, 3.05) is 6.61 Å². The Hall–Kier alpha value is -0.900. The fourth-order valence-corrected chi connectivity index (χ4v) is 7.98. The van der Waals surface area contributed by atoms with Crippen molar-refractivity contribution in [3.05, 3.63) is 0 Å². The van der Waals surface area contributed by atoms with E-state index in [2.05, 4.69) is 13.8 Å². The minimum Gasteiger partial charge on any atom is -0.458 e. The van der Waals surface area contributed by atoms with Gasteiger partial charge in [0, 0.05) is 5.92 Å². The molecule has 1 N–H and O–H groups in total. The number of fused-ring (bicyclic) bond motifs is 5. The van der Waals surface area contributed by atoms with Gasteiger partial charge < -0.3 is 9.84 Å². The normalized spacial score (nSPS) is 48.9. The van der Waals surface area contributed by atoms with Crippen LogP contribution in [-0.2, 0) is 14.3 Å².